The van der Waals surface area contributed by atoms with Crippen LogP contribution in [0.2, 0.25) is 0 Å². The van der Waals surface area contributed by atoms with Gasteiger partial charge in [-0.2, -0.15) is 0 Å². The zero-order valence-electron chi connectivity index (χ0n) is 30.1. The van der Waals surface area contributed by atoms with Crippen LogP contribution in [0.25, 0.3) is 77.1 Å². The minimum absolute atomic E-state index is 0.124. The van der Waals surface area contributed by atoms with Crippen molar-refractivity contribution in [2.75, 3.05) is 0 Å². The minimum atomic E-state index is 0.124. The summed E-state index contributed by atoms with van der Waals surface area (Å²) >= 11 is 0. The third-order valence-electron chi connectivity index (χ3n) is 12.4. The van der Waals surface area contributed by atoms with Gasteiger partial charge in [-0.1, -0.05) is 158 Å². The smallest absolute Gasteiger partial charge is 0.0471 e. The summed E-state index contributed by atoms with van der Waals surface area (Å²) in [5.74, 6) is 0.350. The molecule has 1 aromatic heterocycles. The largest absolute Gasteiger partial charge is 0.354 e. The van der Waals surface area contributed by atoms with Crippen molar-refractivity contribution >= 4 is 32.6 Å². The molecule has 2 aliphatic rings. The quantitative estimate of drug-likeness (QED) is 0.188. The predicted octanol–water partition coefficient (Wildman–Crippen LogP) is 14.1. The van der Waals surface area contributed by atoms with Crippen LogP contribution in [0.15, 0.2) is 194 Å². The van der Waals surface area contributed by atoms with E-state index in [2.05, 4.69) is 199 Å². The lowest BCUT2D eigenvalue weighted by atomic mass is 9.84. The third-order valence-corrected chi connectivity index (χ3v) is 12.4. The summed E-state index contributed by atoms with van der Waals surface area (Å²) in [6.45, 7) is 0. The highest BCUT2D eigenvalue weighted by atomic mass is 14.7. The molecule has 0 amide bonds. The van der Waals surface area contributed by atoms with Crippen LogP contribution in [0, 0.1) is 0 Å². The van der Waals surface area contributed by atoms with E-state index in [1.54, 1.807) is 0 Å². The van der Waals surface area contributed by atoms with Crippen LogP contribution < -0.4 is 0 Å². The summed E-state index contributed by atoms with van der Waals surface area (Å²) in [5, 5.41) is 5.10. The summed E-state index contributed by atoms with van der Waals surface area (Å²) < 4.78 is 0. The van der Waals surface area contributed by atoms with Gasteiger partial charge in [-0.3, -0.25) is 0 Å². The fraction of sp³-hybridized carbons (Fsp3) is 0.0370. The van der Waals surface area contributed by atoms with Gasteiger partial charge in [-0.05, 0) is 125 Å². The van der Waals surface area contributed by atoms with E-state index in [-0.39, 0.29) is 11.8 Å². The number of nitrogens with one attached hydrogen (secondary N) is 1. The molecule has 1 heteroatoms. The molecule has 10 aromatic rings. The molecule has 1 heterocycles. The first-order valence-electron chi connectivity index (χ1n) is 19.3. The highest BCUT2D eigenvalue weighted by Gasteiger charge is 2.33. The zero-order chi connectivity index (χ0) is 36.0. The average molecular weight is 698 g/mol. The molecule has 0 fully saturated rings. The Hall–Kier alpha value is -6.96. The van der Waals surface area contributed by atoms with Gasteiger partial charge in [0.05, 0.1) is 0 Å². The van der Waals surface area contributed by atoms with Crippen molar-refractivity contribution in [2.24, 2.45) is 0 Å². The van der Waals surface area contributed by atoms with Crippen molar-refractivity contribution in [1.82, 2.24) is 4.98 Å². The molecule has 0 saturated carbocycles. The molecular weight excluding hydrogens is 663 g/mol. The number of fused-ring (bicyclic) bond motifs is 10. The highest BCUT2D eigenvalue weighted by Crippen LogP contribution is 2.52. The molecule has 0 aliphatic heterocycles. The van der Waals surface area contributed by atoms with E-state index in [1.807, 2.05) is 0 Å². The molecule has 2 atom stereocenters. The highest BCUT2D eigenvalue weighted by molar-refractivity contribution is 6.08. The number of para-hydroxylation sites is 1. The van der Waals surface area contributed by atoms with E-state index in [4.69, 9.17) is 0 Å². The van der Waals surface area contributed by atoms with E-state index < -0.39 is 0 Å². The fourth-order valence-electron chi connectivity index (χ4n) is 9.89. The number of hydrogen-bond acceptors (Lipinski definition) is 0. The lowest BCUT2D eigenvalue weighted by molar-refractivity contribution is 1.02. The molecule has 0 spiro atoms. The van der Waals surface area contributed by atoms with Crippen molar-refractivity contribution in [3.8, 4) is 44.5 Å². The summed E-state index contributed by atoms with van der Waals surface area (Å²) in [7, 11) is 0. The SMILES string of the molecule is c1ccc(C2c3ccccc3-c3ccc(-c4ccc5c(c4)-c4ccccc4C5c4cc(-c5ccc6c(c5)[nH]c5ccccc56)cc5ccccc45)cc32)cc1. The van der Waals surface area contributed by atoms with Gasteiger partial charge in [0.15, 0.2) is 0 Å². The monoisotopic (exact) mass is 697 g/mol. The second-order valence-electron chi connectivity index (χ2n) is 15.3. The van der Waals surface area contributed by atoms with Crippen LogP contribution in [-0.2, 0) is 0 Å². The topological polar surface area (TPSA) is 15.8 Å². The minimum Gasteiger partial charge on any atom is -0.354 e. The first kappa shape index (κ1) is 30.5. The van der Waals surface area contributed by atoms with E-state index in [0.717, 1.165) is 0 Å². The van der Waals surface area contributed by atoms with E-state index in [0.29, 0.717) is 0 Å². The van der Waals surface area contributed by atoms with Crippen LogP contribution in [0.3, 0.4) is 0 Å². The summed E-state index contributed by atoms with van der Waals surface area (Å²) in [6.07, 6.45) is 0. The first-order valence-corrected chi connectivity index (χ1v) is 19.3. The predicted molar refractivity (Wildman–Crippen MR) is 230 cm³/mol. The molecule has 12 rings (SSSR count). The molecule has 0 radical (unpaired) electrons. The Kier molecular flexibility index (Phi) is 6.53. The zero-order valence-corrected chi connectivity index (χ0v) is 30.1. The Morgan fingerprint density at radius 3 is 1.75 bits per heavy atom. The number of H-pyrrole nitrogens is 1. The maximum Gasteiger partial charge on any atom is 0.0471 e. The molecule has 55 heavy (non-hydrogen) atoms. The van der Waals surface area contributed by atoms with Crippen LogP contribution in [0.5, 0.6) is 0 Å². The third kappa shape index (κ3) is 4.60. The van der Waals surface area contributed by atoms with Gasteiger partial charge in [0, 0.05) is 33.6 Å². The lowest BCUT2D eigenvalue weighted by Crippen LogP contribution is -2.01. The second kappa shape index (κ2) is 11.8. The number of benzene rings is 9. The maximum atomic E-state index is 3.67. The van der Waals surface area contributed by atoms with Crippen LogP contribution in [-0.4, -0.2) is 4.98 Å². The molecule has 1 N–H and O–H groups in total. The Morgan fingerprint density at radius 1 is 0.291 bits per heavy atom. The van der Waals surface area contributed by atoms with Crippen molar-refractivity contribution in [2.45, 2.75) is 11.8 Å². The molecule has 2 aliphatic carbocycles. The molecule has 9 aromatic carbocycles. The normalized spacial score (nSPS) is 15.3. The number of hydrogen-bond donors (Lipinski definition) is 1. The number of aromatic amines is 1. The van der Waals surface area contributed by atoms with Crippen molar-refractivity contribution in [1.29, 1.82) is 0 Å². The maximum absolute atomic E-state index is 3.67. The summed E-state index contributed by atoms with van der Waals surface area (Å²) in [5.41, 5.74) is 20.9. The molecule has 1 nitrogen and oxygen atoms in total. The molecule has 0 saturated heterocycles. The Morgan fingerprint density at radius 2 is 0.873 bits per heavy atom. The fourth-order valence-corrected chi connectivity index (χ4v) is 9.89. The summed E-state index contributed by atoms with van der Waals surface area (Å²) in [6, 6.07) is 72.5. The molecule has 0 bridgehead atoms. The number of aromatic nitrogens is 1. The second-order valence-corrected chi connectivity index (χ2v) is 15.3. The standard InChI is InChI=1S/C54H35N/c1-2-12-33(13-3-1)53-45-19-8-6-16-40(45)42-25-22-35(30-50(42)53)34-24-27-47-48(29-34)41-17-7-9-20-46(41)54(47)49-31-38(28-37-14-4-5-15-39(37)49)36-23-26-44-43-18-10-11-21-51(43)55-52(44)32-36/h1-32,53-55H. The van der Waals surface area contributed by atoms with Crippen LogP contribution in [0.4, 0.5) is 0 Å². The van der Waals surface area contributed by atoms with Crippen molar-refractivity contribution in [3.63, 3.8) is 0 Å². The van der Waals surface area contributed by atoms with Gasteiger partial charge >= 0.3 is 0 Å². The van der Waals surface area contributed by atoms with Gasteiger partial charge in [0.25, 0.3) is 0 Å². The van der Waals surface area contributed by atoms with Crippen molar-refractivity contribution in [3.05, 3.63) is 228 Å². The first-order chi connectivity index (χ1) is 27.3. The van der Waals surface area contributed by atoms with E-state index in [9.17, 15) is 0 Å². The van der Waals surface area contributed by atoms with Crippen LogP contribution >= 0.6 is 0 Å². The van der Waals surface area contributed by atoms with Gasteiger partial charge in [0.1, 0.15) is 0 Å². The molecule has 2 unspecified atom stereocenters. The van der Waals surface area contributed by atoms with Gasteiger partial charge in [-0.15, -0.1) is 0 Å². The van der Waals surface area contributed by atoms with E-state index >= 15 is 0 Å². The van der Waals surface area contributed by atoms with E-state index in [1.165, 1.54) is 110 Å². The average Bonchev–Trinajstić information content (AvgIpc) is 3.90. The summed E-state index contributed by atoms with van der Waals surface area (Å²) in [4.78, 5) is 3.67. The van der Waals surface area contributed by atoms with Gasteiger partial charge in [-0.25, -0.2) is 0 Å². The van der Waals surface area contributed by atoms with Crippen LogP contribution in [0.1, 0.15) is 45.2 Å². The Bertz CT molecular complexity index is 3160. The Labute approximate surface area is 320 Å². The molecule has 256 valence electrons. The Balaban J connectivity index is 1.000. The lowest BCUT2D eigenvalue weighted by Gasteiger charge is -2.19. The van der Waals surface area contributed by atoms with Crippen molar-refractivity contribution < 1.29 is 0 Å². The number of rotatable bonds is 4. The molecular formula is C54H35N. The van der Waals surface area contributed by atoms with Gasteiger partial charge in [0.2, 0.25) is 0 Å². The van der Waals surface area contributed by atoms with Gasteiger partial charge < -0.3 is 4.98 Å².